The van der Waals surface area contributed by atoms with Gasteiger partial charge in [-0.2, -0.15) is 0 Å². The second-order valence-corrected chi connectivity index (χ2v) is 3.54. The van der Waals surface area contributed by atoms with Gasteiger partial charge in [0.2, 0.25) is 5.91 Å². The van der Waals surface area contributed by atoms with Crippen molar-refractivity contribution >= 4 is 11.9 Å². The van der Waals surface area contributed by atoms with Gasteiger partial charge in [-0.1, -0.05) is 5.57 Å². The molecule has 0 fully saturated rings. The van der Waals surface area contributed by atoms with E-state index in [0.29, 0.717) is 13.2 Å². The fraction of sp³-hybridized carbons (Fsp3) is 0.636. The van der Waals surface area contributed by atoms with Gasteiger partial charge in [0.1, 0.15) is 0 Å². The molecule has 0 aromatic carbocycles. The van der Waals surface area contributed by atoms with E-state index >= 15 is 0 Å². The number of likely N-dealkylation sites (N-methyl/N-ethyl adjacent to an activating group) is 1. The van der Waals surface area contributed by atoms with Crippen molar-refractivity contribution < 1.29 is 14.3 Å². The zero-order valence-corrected chi connectivity index (χ0v) is 9.87. The van der Waals surface area contributed by atoms with E-state index < -0.39 is 0 Å². The summed E-state index contributed by atoms with van der Waals surface area (Å²) < 4.78 is 4.76. The highest BCUT2D eigenvalue weighted by Gasteiger charge is 2.08. The minimum absolute atomic E-state index is 0.0840. The molecule has 0 aliphatic carbocycles. The van der Waals surface area contributed by atoms with Gasteiger partial charge in [-0.15, -0.1) is 0 Å². The minimum Gasteiger partial charge on any atom is -0.466 e. The normalized spacial score (nSPS) is 9.33. The van der Waals surface area contributed by atoms with Gasteiger partial charge in [-0.3, -0.25) is 9.59 Å². The van der Waals surface area contributed by atoms with Crippen molar-refractivity contribution in [3.63, 3.8) is 0 Å². The van der Waals surface area contributed by atoms with Gasteiger partial charge < -0.3 is 9.64 Å². The number of ether oxygens (including phenoxy) is 1. The summed E-state index contributed by atoms with van der Waals surface area (Å²) in [5.74, 6) is -0.353. The number of amides is 1. The third-order valence-corrected chi connectivity index (χ3v) is 1.75. The first-order valence-corrected chi connectivity index (χ1v) is 5.03. The summed E-state index contributed by atoms with van der Waals surface area (Å²) in [4.78, 5) is 23.9. The largest absolute Gasteiger partial charge is 0.466 e. The molecule has 0 aliphatic rings. The van der Waals surface area contributed by atoms with Crippen LogP contribution in [-0.4, -0.2) is 37.0 Å². The average Bonchev–Trinajstić information content (AvgIpc) is 2.13. The number of hydrogen-bond donors (Lipinski definition) is 0. The minimum atomic E-state index is -0.269. The van der Waals surface area contributed by atoms with Crippen LogP contribution in [0.25, 0.3) is 0 Å². The molecule has 0 saturated heterocycles. The van der Waals surface area contributed by atoms with E-state index in [4.69, 9.17) is 4.74 Å². The van der Waals surface area contributed by atoms with Crippen molar-refractivity contribution in [3.05, 3.63) is 11.6 Å². The van der Waals surface area contributed by atoms with Gasteiger partial charge in [0.15, 0.2) is 0 Å². The van der Waals surface area contributed by atoms with Gasteiger partial charge in [0.05, 0.1) is 13.0 Å². The number of hydrogen-bond acceptors (Lipinski definition) is 3. The van der Waals surface area contributed by atoms with Crippen LogP contribution in [0.5, 0.6) is 0 Å². The second kappa shape index (κ2) is 7.04. The molecular weight excluding hydrogens is 194 g/mol. The Bertz CT molecular complexity index is 255. The van der Waals surface area contributed by atoms with Crippen LogP contribution in [-0.2, 0) is 14.3 Å². The summed E-state index contributed by atoms with van der Waals surface area (Å²) in [6, 6.07) is 0. The number of carbonyl (C=O) groups excluding carboxylic acids is 2. The highest BCUT2D eigenvalue weighted by molar-refractivity contribution is 5.88. The average molecular weight is 213 g/mol. The number of nitrogens with zero attached hydrogens (tertiary/aromatic N) is 1. The van der Waals surface area contributed by atoms with Gasteiger partial charge in [0, 0.05) is 19.7 Å². The summed E-state index contributed by atoms with van der Waals surface area (Å²) in [5, 5.41) is 0. The van der Waals surface area contributed by atoms with E-state index in [1.54, 1.807) is 20.0 Å². The van der Waals surface area contributed by atoms with Crippen LogP contribution < -0.4 is 0 Å². The molecule has 0 saturated carbocycles. The van der Waals surface area contributed by atoms with Crippen molar-refractivity contribution in [2.75, 3.05) is 20.2 Å². The predicted molar refractivity (Wildman–Crippen MR) is 58.3 cm³/mol. The smallest absolute Gasteiger partial charge is 0.307 e. The van der Waals surface area contributed by atoms with Crippen molar-refractivity contribution in [3.8, 4) is 0 Å². The van der Waals surface area contributed by atoms with Crippen LogP contribution >= 0.6 is 0 Å². The van der Waals surface area contributed by atoms with Crippen molar-refractivity contribution in [2.24, 2.45) is 0 Å². The zero-order valence-electron chi connectivity index (χ0n) is 9.87. The number of carbonyl (C=O) groups is 2. The maximum Gasteiger partial charge on any atom is 0.307 e. The van der Waals surface area contributed by atoms with E-state index in [1.165, 1.54) is 4.90 Å². The Hall–Kier alpha value is -1.32. The summed E-state index contributed by atoms with van der Waals surface area (Å²) in [6.45, 7) is 6.25. The molecular formula is C11H19NO3. The van der Waals surface area contributed by atoms with E-state index in [-0.39, 0.29) is 18.3 Å². The van der Waals surface area contributed by atoms with Gasteiger partial charge in [-0.05, 0) is 20.8 Å². The molecule has 0 atom stereocenters. The standard InChI is InChI=1S/C11H19NO3/c1-5-15-11(14)6-7-12(4)10(13)8-9(2)3/h8H,5-7H2,1-4H3. The SMILES string of the molecule is CCOC(=O)CCN(C)C(=O)C=C(C)C. The molecule has 1 amide bonds. The Kier molecular flexibility index (Phi) is 6.42. The topological polar surface area (TPSA) is 46.6 Å². The van der Waals surface area contributed by atoms with Crippen LogP contribution in [0.15, 0.2) is 11.6 Å². The summed E-state index contributed by atoms with van der Waals surface area (Å²) in [7, 11) is 1.67. The highest BCUT2D eigenvalue weighted by Crippen LogP contribution is 1.96. The van der Waals surface area contributed by atoms with Crippen molar-refractivity contribution in [2.45, 2.75) is 27.2 Å². The summed E-state index contributed by atoms with van der Waals surface area (Å²) in [6.07, 6.45) is 1.79. The lowest BCUT2D eigenvalue weighted by atomic mass is 10.3. The maximum atomic E-state index is 11.4. The van der Waals surface area contributed by atoms with Gasteiger partial charge in [-0.25, -0.2) is 0 Å². The number of allylic oxidation sites excluding steroid dienone is 1. The molecule has 86 valence electrons. The molecule has 4 nitrogen and oxygen atoms in total. The monoisotopic (exact) mass is 213 g/mol. The first-order chi connectivity index (χ1) is 6.97. The van der Waals surface area contributed by atoms with E-state index in [0.717, 1.165) is 5.57 Å². The zero-order chi connectivity index (χ0) is 11.8. The Morgan fingerprint density at radius 1 is 1.33 bits per heavy atom. The lowest BCUT2D eigenvalue weighted by molar-refractivity contribution is -0.143. The highest BCUT2D eigenvalue weighted by atomic mass is 16.5. The lowest BCUT2D eigenvalue weighted by Gasteiger charge is -2.14. The lowest BCUT2D eigenvalue weighted by Crippen LogP contribution is -2.28. The summed E-state index contributed by atoms with van der Waals surface area (Å²) in [5.41, 5.74) is 0.947. The Morgan fingerprint density at radius 3 is 2.40 bits per heavy atom. The molecule has 0 aromatic heterocycles. The van der Waals surface area contributed by atoms with Crippen molar-refractivity contribution in [1.29, 1.82) is 0 Å². The summed E-state index contributed by atoms with van der Waals surface area (Å²) >= 11 is 0. The molecule has 0 aliphatic heterocycles. The molecule has 0 spiro atoms. The second-order valence-electron chi connectivity index (χ2n) is 3.54. The fourth-order valence-electron chi connectivity index (χ4n) is 0.959. The number of esters is 1. The van der Waals surface area contributed by atoms with E-state index in [1.807, 2.05) is 13.8 Å². The Morgan fingerprint density at radius 2 is 1.93 bits per heavy atom. The molecule has 15 heavy (non-hydrogen) atoms. The molecule has 0 unspecified atom stereocenters. The van der Waals surface area contributed by atoms with E-state index in [9.17, 15) is 9.59 Å². The molecule has 0 heterocycles. The van der Waals surface area contributed by atoms with E-state index in [2.05, 4.69) is 0 Å². The molecule has 4 heteroatoms. The molecule has 0 N–H and O–H groups in total. The van der Waals surface area contributed by atoms with Crippen LogP contribution in [0.3, 0.4) is 0 Å². The Balaban J connectivity index is 3.93. The molecule has 0 aromatic rings. The van der Waals surface area contributed by atoms with Crippen LogP contribution in [0.1, 0.15) is 27.2 Å². The molecule has 0 rings (SSSR count). The maximum absolute atomic E-state index is 11.4. The van der Waals surface area contributed by atoms with Crippen LogP contribution in [0, 0.1) is 0 Å². The van der Waals surface area contributed by atoms with Gasteiger partial charge in [0.25, 0.3) is 0 Å². The molecule has 0 radical (unpaired) electrons. The first kappa shape index (κ1) is 13.7. The van der Waals surface area contributed by atoms with Crippen LogP contribution in [0.2, 0.25) is 0 Å². The Labute approximate surface area is 90.9 Å². The predicted octanol–water partition coefficient (Wildman–Crippen LogP) is 1.36. The first-order valence-electron chi connectivity index (χ1n) is 5.03. The third kappa shape index (κ3) is 6.71. The fourth-order valence-corrected chi connectivity index (χ4v) is 0.959. The third-order valence-electron chi connectivity index (χ3n) is 1.75. The number of rotatable bonds is 5. The van der Waals surface area contributed by atoms with Gasteiger partial charge >= 0.3 is 5.97 Å². The van der Waals surface area contributed by atoms with Crippen LogP contribution in [0.4, 0.5) is 0 Å². The van der Waals surface area contributed by atoms with Crippen molar-refractivity contribution in [1.82, 2.24) is 4.90 Å². The quantitative estimate of drug-likeness (QED) is 0.512. The molecule has 0 bridgehead atoms.